The molecule has 0 radical (unpaired) electrons. The summed E-state index contributed by atoms with van der Waals surface area (Å²) in [6.45, 7) is 28.7. The van der Waals surface area contributed by atoms with Crippen LogP contribution in [0.3, 0.4) is 0 Å². The van der Waals surface area contributed by atoms with Crippen molar-refractivity contribution in [1.82, 2.24) is 0 Å². The molecule has 0 aliphatic rings. The van der Waals surface area contributed by atoms with Crippen molar-refractivity contribution >= 4 is 16.6 Å². The Balaban J connectivity index is 4.80. The third-order valence-corrected chi connectivity index (χ3v) is 18.5. The third-order valence-electron chi connectivity index (χ3n) is 6.51. The normalized spacial score (nSPS) is 13.3. The standard InChI is InChI=1S/C23H48O2Si2/c1-18(2)26(19(3)4,20(5)6)24-16-14-13-15-17-25-27(21(7)8,22(9)10)23(11)12/h18-23H,13-14,16H2,1-12H3. The van der Waals surface area contributed by atoms with Crippen LogP contribution in [0, 0.1) is 12.0 Å². The van der Waals surface area contributed by atoms with Gasteiger partial charge in [-0.1, -0.05) is 89.0 Å². The first-order valence-electron chi connectivity index (χ1n) is 11.2. The molecule has 0 atom stereocenters. The molecule has 0 N–H and O–H groups in total. The highest BCUT2D eigenvalue weighted by Gasteiger charge is 2.47. The van der Waals surface area contributed by atoms with E-state index in [2.05, 4.69) is 95.1 Å². The Morgan fingerprint density at radius 1 is 0.593 bits per heavy atom. The lowest BCUT2D eigenvalue weighted by atomic mass is 10.3. The number of hydrogen-bond acceptors (Lipinski definition) is 2. The van der Waals surface area contributed by atoms with Crippen molar-refractivity contribution < 1.29 is 8.85 Å². The molecule has 0 aromatic heterocycles. The van der Waals surface area contributed by atoms with E-state index in [0.717, 1.165) is 19.4 Å². The maximum absolute atomic E-state index is 6.62. The van der Waals surface area contributed by atoms with E-state index in [1.807, 2.05) is 0 Å². The second kappa shape index (κ2) is 11.7. The zero-order valence-corrected chi connectivity index (χ0v) is 22.4. The Labute approximate surface area is 173 Å². The monoisotopic (exact) mass is 412 g/mol. The van der Waals surface area contributed by atoms with Crippen molar-refractivity contribution in [2.45, 2.75) is 129 Å². The quantitative estimate of drug-likeness (QED) is 0.194. The van der Waals surface area contributed by atoms with E-state index in [1.54, 1.807) is 0 Å². The minimum absolute atomic E-state index is 0.574. The van der Waals surface area contributed by atoms with E-state index in [9.17, 15) is 0 Å². The third kappa shape index (κ3) is 6.37. The average Bonchev–Trinajstić information content (AvgIpc) is 2.51. The SMILES string of the molecule is CC(C)[Si](OC#CCCCO[Si](C(C)C)(C(C)C)C(C)C)(C(C)C)C(C)C. The van der Waals surface area contributed by atoms with E-state index < -0.39 is 16.6 Å². The van der Waals surface area contributed by atoms with E-state index in [4.69, 9.17) is 8.85 Å². The molecule has 160 valence electrons. The number of unbranched alkanes of at least 4 members (excludes halogenated alkanes) is 1. The smallest absolute Gasteiger partial charge is 0.272 e. The molecule has 0 fully saturated rings. The zero-order chi connectivity index (χ0) is 21.4. The zero-order valence-electron chi connectivity index (χ0n) is 20.4. The van der Waals surface area contributed by atoms with Crippen LogP contribution in [0.15, 0.2) is 0 Å². The highest BCUT2D eigenvalue weighted by atomic mass is 28.4. The molecular formula is C23H48O2Si2. The first-order valence-corrected chi connectivity index (χ1v) is 15.4. The molecule has 0 aliphatic heterocycles. The molecule has 0 aromatic rings. The van der Waals surface area contributed by atoms with Gasteiger partial charge in [0.15, 0.2) is 8.32 Å². The summed E-state index contributed by atoms with van der Waals surface area (Å²) in [5.74, 6) is 3.28. The largest absolute Gasteiger partial charge is 0.500 e. The lowest BCUT2D eigenvalue weighted by Gasteiger charge is -2.42. The van der Waals surface area contributed by atoms with Gasteiger partial charge < -0.3 is 8.85 Å². The summed E-state index contributed by atoms with van der Waals surface area (Å²) in [5, 5.41) is 0. The first kappa shape index (κ1) is 26.8. The van der Waals surface area contributed by atoms with Crippen molar-refractivity contribution in [3.8, 4) is 12.0 Å². The molecule has 0 aromatic carbocycles. The van der Waals surface area contributed by atoms with Crippen molar-refractivity contribution in [3.63, 3.8) is 0 Å². The summed E-state index contributed by atoms with van der Waals surface area (Å²) >= 11 is 0. The fourth-order valence-corrected chi connectivity index (χ4v) is 15.9. The Hall–Kier alpha value is -0.246. The molecule has 0 saturated heterocycles. The lowest BCUT2D eigenvalue weighted by Crippen LogP contribution is -2.47. The minimum Gasteiger partial charge on any atom is -0.500 e. The van der Waals surface area contributed by atoms with Crippen LogP contribution < -0.4 is 0 Å². The summed E-state index contributed by atoms with van der Waals surface area (Å²) < 4.78 is 12.9. The second-order valence-electron chi connectivity index (χ2n) is 9.97. The summed E-state index contributed by atoms with van der Waals surface area (Å²) in [6.07, 6.45) is 4.96. The van der Waals surface area contributed by atoms with E-state index in [-0.39, 0.29) is 0 Å². The van der Waals surface area contributed by atoms with Gasteiger partial charge >= 0.3 is 0 Å². The van der Waals surface area contributed by atoms with Gasteiger partial charge in [-0.25, -0.2) is 0 Å². The second-order valence-corrected chi connectivity index (χ2v) is 20.8. The van der Waals surface area contributed by atoms with Gasteiger partial charge in [0.05, 0.1) is 6.11 Å². The Morgan fingerprint density at radius 2 is 0.963 bits per heavy atom. The highest BCUT2D eigenvalue weighted by molar-refractivity contribution is 6.78. The average molecular weight is 413 g/mol. The number of hydrogen-bond donors (Lipinski definition) is 0. The topological polar surface area (TPSA) is 18.5 Å². The van der Waals surface area contributed by atoms with Gasteiger partial charge in [0.2, 0.25) is 0 Å². The highest BCUT2D eigenvalue weighted by Crippen LogP contribution is 2.43. The van der Waals surface area contributed by atoms with Crippen LogP contribution in [-0.4, -0.2) is 23.2 Å². The van der Waals surface area contributed by atoms with Gasteiger partial charge in [0.1, 0.15) is 0 Å². The van der Waals surface area contributed by atoms with Crippen molar-refractivity contribution in [3.05, 3.63) is 0 Å². The molecule has 0 amide bonds. The van der Waals surface area contributed by atoms with Crippen LogP contribution >= 0.6 is 0 Å². The molecule has 2 nitrogen and oxygen atoms in total. The van der Waals surface area contributed by atoms with Crippen LogP contribution in [0.1, 0.15) is 95.9 Å². The first-order chi connectivity index (χ1) is 12.4. The van der Waals surface area contributed by atoms with Gasteiger partial charge in [-0.05, 0) is 39.7 Å². The fourth-order valence-electron chi connectivity index (χ4n) is 5.44. The molecule has 0 spiro atoms. The van der Waals surface area contributed by atoms with Gasteiger partial charge in [-0.15, -0.1) is 0 Å². The minimum atomic E-state index is -1.87. The molecule has 4 heteroatoms. The van der Waals surface area contributed by atoms with Crippen LogP contribution in [0.4, 0.5) is 0 Å². The Morgan fingerprint density at radius 3 is 1.30 bits per heavy atom. The summed E-state index contributed by atoms with van der Waals surface area (Å²) in [5.41, 5.74) is 3.64. The predicted octanol–water partition coefficient (Wildman–Crippen LogP) is 8.11. The van der Waals surface area contributed by atoms with E-state index >= 15 is 0 Å². The molecule has 0 saturated carbocycles. The molecule has 0 bridgehead atoms. The molecular weight excluding hydrogens is 364 g/mol. The van der Waals surface area contributed by atoms with Crippen molar-refractivity contribution in [2.24, 2.45) is 0 Å². The van der Waals surface area contributed by atoms with Crippen molar-refractivity contribution in [1.29, 1.82) is 0 Å². The maximum atomic E-state index is 6.62. The van der Waals surface area contributed by atoms with Crippen LogP contribution in [0.2, 0.25) is 33.2 Å². The van der Waals surface area contributed by atoms with E-state index in [0.29, 0.717) is 33.2 Å². The van der Waals surface area contributed by atoms with Gasteiger partial charge in [-0.2, -0.15) is 0 Å². The Bertz CT molecular complexity index is 427. The van der Waals surface area contributed by atoms with Gasteiger partial charge in [0.25, 0.3) is 8.32 Å². The lowest BCUT2D eigenvalue weighted by molar-refractivity contribution is 0.274. The maximum Gasteiger partial charge on any atom is 0.272 e. The summed E-state index contributed by atoms with van der Waals surface area (Å²) in [7, 11) is -3.61. The van der Waals surface area contributed by atoms with Gasteiger partial charge in [0, 0.05) is 13.0 Å². The van der Waals surface area contributed by atoms with Crippen molar-refractivity contribution in [2.75, 3.05) is 6.61 Å². The molecule has 0 rings (SSSR count). The molecule has 0 aliphatic carbocycles. The number of rotatable bonds is 11. The summed E-state index contributed by atoms with van der Waals surface area (Å²) in [4.78, 5) is 0. The van der Waals surface area contributed by atoms with Crippen LogP contribution in [-0.2, 0) is 8.85 Å². The van der Waals surface area contributed by atoms with E-state index in [1.165, 1.54) is 0 Å². The molecule has 0 heterocycles. The van der Waals surface area contributed by atoms with Crippen LogP contribution in [0.5, 0.6) is 0 Å². The van der Waals surface area contributed by atoms with Crippen LogP contribution in [0.25, 0.3) is 0 Å². The molecule has 27 heavy (non-hydrogen) atoms. The molecule has 0 unspecified atom stereocenters. The Kier molecular flexibility index (Phi) is 11.6. The fraction of sp³-hybridized carbons (Fsp3) is 0.913. The predicted molar refractivity (Wildman–Crippen MR) is 126 cm³/mol. The summed E-state index contributed by atoms with van der Waals surface area (Å²) in [6, 6.07) is 0. The van der Waals surface area contributed by atoms with Gasteiger partial charge in [-0.3, -0.25) is 0 Å².